The predicted octanol–water partition coefficient (Wildman–Crippen LogP) is 4.26. The summed E-state index contributed by atoms with van der Waals surface area (Å²) in [6, 6.07) is 14.1. The van der Waals surface area contributed by atoms with Gasteiger partial charge in [0.1, 0.15) is 0 Å². The van der Waals surface area contributed by atoms with Gasteiger partial charge in [0, 0.05) is 55.3 Å². The van der Waals surface area contributed by atoms with Gasteiger partial charge < -0.3 is 24.0 Å². The van der Waals surface area contributed by atoms with Crippen molar-refractivity contribution in [3.63, 3.8) is 0 Å². The lowest BCUT2D eigenvalue weighted by atomic mass is 9.87. The molecule has 0 saturated carbocycles. The van der Waals surface area contributed by atoms with Crippen LogP contribution in [0.25, 0.3) is 0 Å². The van der Waals surface area contributed by atoms with Crippen molar-refractivity contribution in [3.05, 3.63) is 70.5 Å². The molecule has 2 atom stereocenters. The number of benzene rings is 2. The van der Waals surface area contributed by atoms with Gasteiger partial charge in [-0.05, 0) is 55.0 Å². The highest BCUT2D eigenvalue weighted by molar-refractivity contribution is 5.95. The molecule has 1 aromatic heterocycles. The zero-order valence-electron chi connectivity index (χ0n) is 23.2. The Bertz CT molecular complexity index is 1400. The van der Waals surface area contributed by atoms with Gasteiger partial charge in [-0.3, -0.25) is 14.7 Å². The lowest BCUT2D eigenvalue weighted by Gasteiger charge is -2.30. The number of H-pyrrole nitrogens is 1. The molecule has 2 aromatic carbocycles. The number of methoxy groups -OCH3 is 1. The van der Waals surface area contributed by atoms with Gasteiger partial charge in [-0.1, -0.05) is 24.3 Å². The van der Waals surface area contributed by atoms with E-state index in [4.69, 9.17) is 14.2 Å². The number of carbonyl (C=O) groups is 2. The molecule has 2 amide bonds. The maximum Gasteiger partial charge on any atom is 0.274 e. The largest absolute Gasteiger partial charge is 0.493 e. The lowest BCUT2D eigenvalue weighted by Crippen LogP contribution is -2.41. The molecule has 0 aliphatic carbocycles. The van der Waals surface area contributed by atoms with Crippen LogP contribution in [0.5, 0.6) is 11.5 Å². The topological polar surface area (TPSA) is 97.0 Å². The van der Waals surface area contributed by atoms with E-state index >= 15 is 0 Å². The highest BCUT2D eigenvalue weighted by Gasteiger charge is 2.40. The summed E-state index contributed by atoms with van der Waals surface area (Å²) >= 11 is 0. The molecule has 9 heteroatoms. The molecule has 3 aromatic rings. The first-order chi connectivity index (χ1) is 19.5. The SMILES string of the molecule is COc1ccc2cc1OCCCCN(C(=O)c1n[nH]c3c1COCC3)CC[C@@H]1c3ccccc3N(C(C)=O)[C@@H]1C2. The van der Waals surface area contributed by atoms with Crippen molar-refractivity contribution in [2.24, 2.45) is 0 Å². The summed E-state index contributed by atoms with van der Waals surface area (Å²) < 4.78 is 17.4. The number of nitrogens with zero attached hydrogens (tertiary/aromatic N) is 3. The van der Waals surface area contributed by atoms with Gasteiger partial charge in [-0.2, -0.15) is 5.10 Å². The van der Waals surface area contributed by atoms with Crippen molar-refractivity contribution in [2.45, 2.75) is 57.6 Å². The summed E-state index contributed by atoms with van der Waals surface area (Å²) in [4.78, 5) is 30.8. The summed E-state index contributed by atoms with van der Waals surface area (Å²) in [5.41, 5.74) is 5.51. The monoisotopic (exact) mass is 544 g/mol. The van der Waals surface area contributed by atoms with Crippen molar-refractivity contribution >= 4 is 17.5 Å². The summed E-state index contributed by atoms with van der Waals surface area (Å²) in [5.74, 6) is 1.40. The molecule has 4 heterocycles. The third kappa shape index (κ3) is 4.94. The van der Waals surface area contributed by atoms with Crippen LogP contribution in [0.4, 0.5) is 5.69 Å². The minimum Gasteiger partial charge on any atom is -0.493 e. The van der Waals surface area contributed by atoms with E-state index in [0.717, 1.165) is 53.8 Å². The first kappa shape index (κ1) is 26.4. The summed E-state index contributed by atoms with van der Waals surface area (Å²) in [6.07, 6.45) is 3.72. The fourth-order valence-corrected chi connectivity index (χ4v) is 6.41. The molecular formula is C31H36N4O5. The lowest BCUT2D eigenvalue weighted by molar-refractivity contribution is -0.117. The maximum absolute atomic E-state index is 13.9. The zero-order valence-corrected chi connectivity index (χ0v) is 23.2. The van der Waals surface area contributed by atoms with Crippen molar-refractivity contribution < 1.29 is 23.8 Å². The van der Waals surface area contributed by atoms with E-state index in [1.807, 2.05) is 40.1 Å². The molecule has 0 unspecified atom stereocenters. The van der Waals surface area contributed by atoms with Crippen LogP contribution in [0.1, 0.15) is 65.0 Å². The van der Waals surface area contributed by atoms with Crippen LogP contribution in [-0.4, -0.2) is 66.4 Å². The Morgan fingerprint density at radius 2 is 1.98 bits per heavy atom. The van der Waals surface area contributed by atoms with Gasteiger partial charge in [0.2, 0.25) is 5.91 Å². The standard InChI is InChI=1S/C31H36N4O5/c1-20(36)35-26-8-4-3-7-22(26)23-11-14-34(31(37)30-24-19-39-16-12-25(24)32-33-30)13-5-6-15-40-29-18-21(17-27(23)35)9-10-28(29)38-2/h3-4,7-10,18,23,27H,5-6,11-17,19H2,1-2H3,(H,32,33)/t23-,27-/m1/s1. The molecule has 1 N–H and O–H groups in total. The summed E-state index contributed by atoms with van der Waals surface area (Å²) in [6.45, 7) is 4.35. The second-order valence-corrected chi connectivity index (χ2v) is 10.8. The first-order valence-corrected chi connectivity index (χ1v) is 14.2. The van der Waals surface area contributed by atoms with Crippen LogP contribution >= 0.6 is 0 Å². The third-order valence-electron chi connectivity index (χ3n) is 8.38. The van der Waals surface area contributed by atoms with Crippen LogP contribution < -0.4 is 14.4 Å². The number of carbonyl (C=O) groups excluding carboxylic acids is 2. The van der Waals surface area contributed by atoms with Crippen LogP contribution in [0.3, 0.4) is 0 Å². The van der Waals surface area contributed by atoms with Gasteiger partial charge in [0.25, 0.3) is 5.91 Å². The molecule has 3 aliphatic rings. The third-order valence-corrected chi connectivity index (χ3v) is 8.38. The molecule has 3 aliphatic heterocycles. The van der Waals surface area contributed by atoms with Crippen LogP contribution in [0, 0.1) is 0 Å². The average Bonchev–Trinajstić information content (AvgIpc) is 3.53. The summed E-state index contributed by atoms with van der Waals surface area (Å²) in [7, 11) is 1.64. The number of aromatic nitrogens is 2. The Balaban J connectivity index is 1.35. The molecule has 9 nitrogen and oxygen atoms in total. The second-order valence-electron chi connectivity index (χ2n) is 10.8. The number of ether oxygens (including phenoxy) is 3. The van der Waals surface area contributed by atoms with E-state index in [2.05, 4.69) is 22.3 Å². The van der Waals surface area contributed by atoms with Crippen LogP contribution in [0.15, 0.2) is 42.5 Å². The zero-order chi connectivity index (χ0) is 27.6. The Labute approximate surface area is 234 Å². The number of hydrogen-bond acceptors (Lipinski definition) is 6. The Kier molecular flexibility index (Phi) is 7.47. The van der Waals surface area contributed by atoms with Crippen molar-refractivity contribution in [1.82, 2.24) is 15.1 Å². The number of fused-ring (bicyclic) bond motifs is 6. The highest BCUT2D eigenvalue weighted by Crippen LogP contribution is 2.44. The number of nitrogens with one attached hydrogen (secondary N) is 1. The van der Waals surface area contributed by atoms with E-state index in [1.54, 1.807) is 14.0 Å². The fraction of sp³-hybridized carbons (Fsp3) is 0.452. The number of anilines is 1. The highest BCUT2D eigenvalue weighted by atomic mass is 16.5. The second kappa shape index (κ2) is 11.3. The van der Waals surface area contributed by atoms with Gasteiger partial charge in [-0.25, -0.2) is 0 Å². The smallest absolute Gasteiger partial charge is 0.274 e. The number of amides is 2. The quantitative estimate of drug-likeness (QED) is 0.518. The van der Waals surface area contributed by atoms with Gasteiger partial charge in [-0.15, -0.1) is 0 Å². The Morgan fingerprint density at radius 3 is 2.83 bits per heavy atom. The van der Waals surface area contributed by atoms with E-state index < -0.39 is 0 Å². The Hall–Kier alpha value is -3.85. The van der Waals surface area contributed by atoms with Crippen LogP contribution in [0.2, 0.25) is 0 Å². The number of rotatable bonds is 2. The van der Waals surface area contributed by atoms with Crippen molar-refractivity contribution in [3.8, 4) is 11.5 Å². The summed E-state index contributed by atoms with van der Waals surface area (Å²) in [5, 5.41) is 7.47. The first-order valence-electron chi connectivity index (χ1n) is 14.2. The average molecular weight is 545 g/mol. The minimum absolute atomic E-state index is 0.0159. The molecular weight excluding hydrogens is 508 g/mol. The number of para-hydroxylation sites is 1. The molecule has 0 radical (unpaired) electrons. The number of hydrogen-bond donors (Lipinski definition) is 1. The molecule has 210 valence electrons. The molecule has 0 saturated heterocycles. The van der Waals surface area contributed by atoms with Crippen molar-refractivity contribution in [1.29, 1.82) is 0 Å². The number of aromatic amines is 1. The molecule has 6 rings (SSSR count). The normalized spacial score (nSPS) is 20.9. The molecule has 40 heavy (non-hydrogen) atoms. The van der Waals surface area contributed by atoms with Gasteiger partial charge in [0.15, 0.2) is 17.2 Å². The fourth-order valence-electron chi connectivity index (χ4n) is 6.41. The molecule has 0 spiro atoms. The van der Waals surface area contributed by atoms with E-state index in [-0.39, 0.29) is 23.8 Å². The van der Waals surface area contributed by atoms with E-state index in [1.165, 1.54) is 0 Å². The minimum atomic E-state index is -0.0809. The molecule has 2 bridgehead atoms. The van der Waals surface area contributed by atoms with Crippen LogP contribution in [-0.2, 0) is 29.0 Å². The van der Waals surface area contributed by atoms with Gasteiger partial charge >= 0.3 is 0 Å². The molecule has 0 fully saturated rings. The van der Waals surface area contributed by atoms with Crippen molar-refractivity contribution in [2.75, 3.05) is 38.3 Å². The van der Waals surface area contributed by atoms with Gasteiger partial charge in [0.05, 0.1) is 26.9 Å². The van der Waals surface area contributed by atoms with E-state index in [0.29, 0.717) is 56.5 Å². The van der Waals surface area contributed by atoms with E-state index in [9.17, 15) is 9.59 Å². The maximum atomic E-state index is 13.9. The Morgan fingerprint density at radius 1 is 1.10 bits per heavy atom. The predicted molar refractivity (Wildman–Crippen MR) is 150 cm³/mol.